The molecule has 0 radical (unpaired) electrons. The van der Waals surface area contributed by atoms with E-state index in [4.69, 9.17) is 10.0 Å². The van der Waals surface area contributed by atoms with Crippen LogP contribution in [-0.4, -0.2) is 29.9 Å². The highest BCUT2D eigenvalue weighted by Gasteiger charge is 2.08. The molecule has 3 nitrogen and oxygen atoms in total. The third-order valence-electron chi connectivity index (χ3n) is 3.62. The van der Waals surface area contributed by atoms with Crippen molar-refractivity contribution < 1.29 is 10.0 Å². The highest BCUT2D eigenvalue weighted by molar-refractivity contribution is 6.58. The maximum Gasteiger partial charge on any atom is 0.488 e. The Balaban J connectivity index is 2.06. The summed E-state index contributed by atoms with van der Waals surface area (Å²) in [6.45, 7) is 3.12. The van der Waals surface area contributed by atoms with Crippen molar-refractivity contribution in [1.82, 2.24) is 0 Å². The molecule has 4 heteroatoms. The summed E-state index contributed by atoms with van der Waals surface area (Å²) < 4.78 is 0. The van der Waals surface area contributed by atoms with Crippen molar-refractivity contribution in [2.75, 3.05) is 6.54 Å². The molecule has 0 saturated carbocycles. The van der Waals surface area contributed by atoms with E-state index in [1.807, 2.05) is 18.3 Å². The first-order valence-electron chi connectivity index (χ1n) is 8.20. The molecule has 0 heterocycles. The minimum Gasteiger partial charge on any atom is -0.423 e. The van der Waals surface area contributed by atoms with Gasteiger partial charge in [0.1, 0.15) is 0 Å². The molecular weight excluding hydrogens is 261 g/mol. The van der Waals surface area contributed by atoms with Crippen molar-refractivity contribution in [2.24, 2.45) is 4.99 Å². The lowest BCUT2D eigenvalue weighted by molar-refractivity contribution is 0.426. The van der Waals surface area contributed by atoms with Crippen LogP contribution in [0.5, 0.6) is 0 Å². The molecule has 0 unspecified atom stereocenters. The largest absolute Gasteiger partial charge is 0.488 e. The van der Waals surface area contributed by atoms with Crippen LogP contribution in [-0.2, 0) is 0 Å². The standard InChI is InChI=1S/C17H28BNO2/c1-2-3-4-5-6-7-8-9-14-19-15-16-10-12-17(13-11-16)18(20)21/h10-13,15,20-21H,2-9,14H2,1H3. The van der Waals surface area contributed by atoms with Gasteiger partial charge in [-0.1, -0.05) is 76.1 Å². The fourth-order valence-electron chi connectivity index (χ4n) is 2.26. The van der Waals surface area contributed by atoms with Crippen LogP contribution in [0.2, 0.25) is 0 Å². The summed E-state index contributed by atoms with van der Waals surface area (Å²) in [5, 5.41) is 18.0. The second-order valence-corrected chi connectivity index (χ2v) is 5.55. The monoisotopic (exact) mass is 289 g/mol. The first kappa shape index (κ1) is 17.9. The Hall–Kier alpha value is -1.13. The van der Waals surface area contributed by atoms with E-state index >= 15 is 0 Å². The van der Waals surface area contributed by atoms with Crippen molar-refractivity contribution in [3.63, 3.8) is 0 Å². The third-order valence-corrected chi connectivity index (χ3v) is 3.62. The van der Waals surface area contributed by atoms with Crippen molar-refractivity contribution in [3.05, 3.63) is 29.8 Å². The highest BCUT2D eigenvalue weighted by Crippen LogP contribution is 2.08. The summed E-state index contributed by atoms with van der Waals surface area (Å²) in [6.07, 6.45) is 12.4. The summed E-state index contributed by atoms with van der Waals surface area (Å²) in [6, 6.07) is 7.13. The molecule has 0 aliphatic heterocycles. The molecule has 1 aromatic carbocycles. The molecule has 0 bridgehead atoms. The SMILES string of the molecule is CCCCCCCCCCN=Cc1ccc(B(O)O)cc1. The number of aliphatic imine (C=N–C) groups is 1. The number of nitrogens with zero attached hydrogens (tertiary/aromatic N) is 1. The van der Waals surface area contributed by atoms with Crippen molar-refractivity contribution in [3.8, 4) is 0 Å². The van der Waals surface area contributed by atoms with Crippen LogP contribution < -0.4 is 5.46 Å². The van der Waals surface area contributed by atoms with Crippen LogP contribution in [0.3, 0.4) is 0 Å². The Bertz CT molecular complexity index is 390. The van der Waals surface area contributed by atoms with Crippen molar-refractivity contribution >= 4 is 18.8 Å². The normalized spacial score (nSPS) is 11.2. The van der Waals surface area contributed by atoms with Gasteiger partial charge < -0.3 is 10.0 Å². The van der Waals surface area contributed by atoms with Crippen LogP contribution >= 0.6 is 0 Å². The molecule has 21 heavy (non-hydrogen) atoms. The molecule has 1 rings (SSSR count). The van der Waals surface area contributed by atoms with Gasteiger partial charge in [-0.2, -0.15) is 0 Å². The lowest BCUT2D eigenvalue weighted by Crippen LogP contribution is -2.29. The Labute approximate surface area is 129 Å². The maximum atomic E-state index is 9.00. The maximum absolute atomic E-state index is 9.00. The first-order valence-corrected chi connectivity index (χ1v) is 8.20. The summed E-state index contributed by atoms with van der Waals surface area (Å²) >= 11 is 0. The van der Waals surface area contributed by atoms with Crippen molar-refractivity contribution in [1.29, 1.82) is 0 Å². The van der Waals surface area contributed by atoms with Crippen LogP contribution in [0.25, 0.3) is 0 Å². The van der Waals surface area contributed by atoms with Gasteiger partial charge >= 0.3 is 7.12 Å². The zero-order chi connectivity index (χ0) is 15.3. The molecular formula is C17H28BNO2. The molecule has 0 aliphatic carbocycles. The van der Waals surface area contributed by atoms with Gasteiger partial charge in [0, 0.05) is 12.8 Å². The van der Waals surface area contributed by atoms with E-state index in [0.717, 1.165) is 18.5 Å². The predicted molar refractivity (Wildman–Crippen MR) is 91.3 cm³/mol. The average molecular weight is 289 g/mol. The van der Waals surface area contributed by atoms with E-state index in [1.54, 1.807) is 12.1 Å². The lowest BCUT2D eigenvalue weighted by atomic mass is 9.80. The van der Waals surface area contributed by atoms with Gasteiger partial charge in [0.2, 0.25) is 0 Å². The quantitative estimate of drug-likeness (QED) is 0.374. The predicted octanol–water partition coefficient (Wildman–Crippen LogP) is 2.93. The van der Waals surface area contributed by atoms with E-state index in [1.165, 1.54) is 44.9 Å². The summed E-state index contributed by atoms with van der Waals surface area (Å²) in [5.74, 6) is 0. The summed E-state index contributed by atoms with van der Waals surface area (Å²) in [4.78, 5) is 4.41. The van der Waals surface area contributed by atoms with Crippen LogP contribution in [0.4, 0.5) is 0 Å². The van der Waals surface area contributed by atoms with Gasteiger partial charge in [-0.3, -0.25) is 4.99 Å². The molecule has 0 amide bonds. The molecule has 0 atom stereocenters. The number of unbranched alkanes of at least 4 members (excludes halogenated alkanes) is 7. The minimum atomic E-state index is -1.40. The first-order chi connectivity index (χ1) is 10.2. The summed E-state index contributed by atoms with van der Waals surface area (Å²) in [5.41, 5.74) is 1.51. The minimum absolute atomic E-state index is 0.509. The molecule has 0 fully saturated rings. The zero-order valence-electron chi connectivity index (χ0n) is 13.2. The molecule has 0 aliphatic rings. The van der Waals surface area contributed by atoms with Gasteiger partial charge in [-0.05, 0) is 17.4 Å². The Morgan fingerprint density at radius 3 is 2.05 bits per heavy atom. The van der Waals surface area contributed by atoms with E-state index in [-0.39, 0.29) is 0 Å². The molecule has 0 saturated heterocycles. The molecule has 0 aromatic heterocycles. The topological polar surface area (TPSA) is 52.8 Å². The summed E-state index contributed by atoms with van der Waals surface area (Å²) in [7, 11) is -1.40. The fraction of sp³-hybridized carbons (Fsp3) is 0.588. The highest BCUT2D eigenvalue weighted by atomic mass is 16.4. The van der Waals surface area contributed by atoms with Crippen LogP contribution in [0.1, 0.15) is 63.9 Å². The lowest BCUT2D eigenvalue weighted by Gasteiger charge is -2.00. The molecule has 0 spiro atoms. The van der Waals surface area contributed by atoms with Gasteiger partial charge in [0.05, 0.1) is 0 Å². The third kappa shape index (κ3) is 8.69. The van der Waals surface area contributed by atoms with E-state index in [0.29, 0.717) is 5.46 Å². The Morgan fingerprint density at radius 2 is 1.48 bits per heavy atom. The Morgan fingerprint density at radius 1 is 0.905 bits per heavy atom. The Kier molecular flexibility index (Phi) is 9.84. The van der Waals surface area contributed by atoms with E-state index < -0.39 is 7.12 Å². The van der Waals surface area contributed by atoms with Crippen LogP contribution in [0, 0.1) is 0 Å². The van der Waals surface area contributed by atoms with Crippen LogP contribution in [0.15, 0.2) is 29.3 Å². The van der Waals surface area contributed by atoms with Crippen molar-refractivity contribution in [2.45, 2.75) is 58.3 Å². The number of benzene rings is 1. The zero-order valence-corrected chi connectivity index (χ0v) is 13.2. The van der Waals surface area contributed by atoms with Gasteiger partial charge in [-0.25, -0.2) is 0 Å². The number of hydrogen-bond donors (Lipinski definition) is 2. The van der Waals surface area contributed by atoms with E-state index in [9.17, 15) is 0 Å². The second-order valence-electron chi connectivity index (χ2n) is 5.55. The number of rotatable bonds is 11. The average Bonchev–Trinajstić information content (AvgIpc) is 2.49. The van der Waals surface area contributed by atoms with Gasteiger partial charge in [0.15, 0.2) is 0 Å². The molecule has 116 valence electrons. The smallest absolute Gasteiger partial charge is 0.423 e. The van der Waals surface area contributed by atoms with Gasteiger partial charge in [-0.15, -0.1) is 0 Å². The second kappa shape index (κ2) is 11.5. The molecule has 2 N–H and O–H groups in total. The number of hydrogen-bond acceptors (Lipinski definition) is 3. The molecule has 1 aromatic rings. The fourth-order valence-corrected chi connectivity index (χ4v) is 2.26. The van der Waals surface area contributed by atoms with E-state index in [2.05, 4.69) is 11.9 Å². The van der Waals surface area contributed by atoms with Gasteiger partial charge in [0.25, 0.3) is 0 Å².